The van der Waals surface area contributed by atoms with Crippen molar-refractivity contribution < 1.29 is 0 Å². The molecule has 0 spiro atoms. The molecule has 0 bridgehead atoms. The maximum absolute atomic E-state index is 5.09. The molecule has 0 aliphatic rings. The lowest BCUT2D eigenvalue weighted by atomic mass is 9.99. The molecule has 202 valence electrons. The third-order valence-electron chi connectivity index (χ3n) is 8.21. The van der Waals surface area contributed by atoms with Gasteiger partial charge in [0.15, 0.2) is 0 Å². The summed E-state index contributed by atoms with van der Waals surface area (Å²) in [5, 5.41) is 4.00. The number of fused-ring (bicyclic) bond motifs is 7. The fourth-order valence-corrected chi connectivity index (χ4v) is 8.99. The minimum Gasteiger partial charge on any atom is -0.301 e. The van der Waals surface area contributed by atoms with E-state index in [4.69, 9.17) is 4.98 Å². The smallest absolute Gasteiger partial charge is 0.110 e. The average Bonchev–Trinajstić information content (AvgIpc) is 3.72. The first kappa shape index (κ1) is 24.6. The molecular weight excluding hydrogens is 561 g/mol. The highest BCUT2D eigenvalue weighted by Gasteiger charge is 2.21. The van der Waals surface area contributed by atoms with Crippen molar-refractivity contribution in [2.45, 2.75) is 0 Å². The molecule has 4 heterocycles. The van der Waals surface area contributed by atoms with Crippen LogP contribution in [0.2, 0.25) is 0 Å². The summed E-state index contributed by atoms with van der Waals surface area (Å²) >= 11 is 3.82. The van der Waals surface area contributed by atoms with E-state index in [-0.39, 0.29) is 0 Å². The second-order valence-corrected chi connectivity index (χ2v) is 12.9. The van der Waals surface area contributed by atoms with Crippen LogP contribution >= 0.6 is 22.7 Å². The summed E-state index contributed by atoms with van der Waals surface area (Å²) in [5.74, 6) is 0. The second-order valence-electron chi connectivity index (χ2n) is 10.8. The molecule has 0 atom stereocenters. The summed E-state index contributed by atoms with van der Waals surface area (Å²) < 4.78 is 6.49. The number of hydrogen-bond donors (Lipinski definition) is 0. The highest BCUT2D eigenvalue weighted by molar-refractivity contribution is 7.36. The van der Waals surface area contributed by atoms with E-state index < -0.39 is 0 Å². The molecule has 5 aromatic carbocycles. The predicted molar refractivity (Wildman–Crippen MR) is 186 cm³/mol. The normalized spacial score (nSPS) is 11.7. The Balaban J connectivity index is 1.28. The van der Waals surface area contributed by atoms with E-state index in [2.05, 4.69) is 150 Å². The highest BCUT2D eigenvalue weighted by atomic mass is 32.1. The lowest BCUT2D eigenvalue weighted by molar-refractivity contribution is 1.19. The number of benzene rings is 5. The second kappa shape index (κ2) is 9.77. The fourth-order valence-electron chi connectivity index (χ4n) is 6.19. The molecule has 9 aromatic rings. The van der Waals surface area contributed by atoms with Crippen molar-refractivity contribution in [2.24, 2.45) is 0 Å². The van der Waals surface area contributed by atoms with Gasteiger partial charge >= 0.3 is 0 Å². The van der Waals surface area contributed by atoms with Crippen molar-refractivity contribution in [3.05, 3.63) is 146 Å². The molecule has 0 N–H and O–H groups in total. The largest absolute Gasteiger partial charge is 0.301 e. The summed E-state index contributed by atoms with van der Waals surface area (Å²) in [6.45, 7) is 0. The first-order valence-electron chi connectivity index (χ1n) is 14.4. The van der Waals surface area contributed by atoms with Crippen LogP contribution in [0.1, 0.15) is 0 Å². The molecule has 9 rings (SSSR count). The van der Waals surface area contributed by atoms with Crippen LogP contribution in [0.5, 0.6) is 0 Å². The zero-order chi connectivity index (χ0) is 28.3. The maximum Gasteiger partial charge on any atom is 0.110 e. The van der Waals surface area contributed by atoms with E-state index in [1.807, 2.05) is 22.7 Å². The van der Waals surface area contributed by atoms with Crippen molar-refractivity contribution >= 4 is 63.3 Å². The number of para-hydroxylation sites is 2. The summed E-state index contributed by atoms with van der Waals surface area (Å²) in [4.78, 5) is 6.40. The molecule has 0 amide bonds. The molecule has 0 saturated heterocycles. The van der Waals surface area contributed by atoms with E-state index in [0.717, 1.165) is 22.5 Å². The van der Waals surface area contributed by atoms with Crippen molar-refractivity contribution in [1.29, 1.82) is 0 Å². The van der Waals surface area contributed by atoms with Gasteiger partial charge in [0, 0.05) is 37.7 Å². The predicted octanol–water partition coefficient (Wildman–Crippen LogP) is 11.6. The van der Waals surface area contributed by atoms with Crippen molar-refractivity contribution in [3.8, 4) is 39.3 Å². The molecule has 4 heteroatoms. The van der Waals surface area contributed by atoms with Crippen LogP contribution in [-0.4, -0.2) is 9.55 Å². The quantitative estimate of drug-likeness (QED) is 0.201. The number of pyridine rings is 1. The van der Waals surface area contributed by atoms with E-state index in [1.165, 1.54) is 57.4 Å². The van der Waals surface area contributed by atoms with E-state index in [1.54, 1.807) is 0 Å². The first-order valence-corrected chi connectivity index (χ1v) is 16.0. The average molecular weight is 585 g/mol. The Morgan fingerprint density at radius 1 is 0.465 bits per heavy atom. The minimum atomic E-state index is 0.984. The summed E-state index contributed by atoms with van der Waals surface area (Å²) in [6, 6.07) is 51.9. The van der Waals surface area contributed by atoms with Crippen molar-refractivity contribution in [2.75, 3.05) is 0 Å². The summed E-state index contributed by atoms with van der Waals surface area (Å²) in [5.41, 5.74) is 9.05. The Hall–Kier alpha value is -5.03. The summed E-state index contributed by atoms with van der Waals surface area (Å²) in [7, 11) is 0. The monoisotopic (exact) mass is 584 g/mol. The Morgan fingerprint density at radius 3 is 1.79 bits per heavy atom. The lowest BCUT2D eigenvalue weighted by Crippen LogP contribution is -1.91. The van der Waals surface area contributed by atoms with Crippen LogP contribution < -0.4 is 0 Å². The number of nitrogens with zero attached hydrogens (tertiary/aromatic N) is 2. The topological polar surface area (TPSA) is 17.8 Å². The van der Waals surface area contributed by atoms with Gasteiger partial charge in [-0.25, -0.2) is 4.98 Å². The lowest BCUT2D eigenvalue weighted by Gasteiger charge is -2.10. The van der Waals surface area contributed by atoms with Gasteiger partial charge in [-0.1, -0.05) is 103 Å². The third kappa shape index (κ3) is 3.95. The Bertz CT molecular complexity index is 2380. The van der Waals surface area contributed by atoms with Gasteiger partial charge < -0.3 is 4.57 Å². The highest BCUT2D eigenvalue weighted by Crippen LogP contribution is 2.49. The van der Waals surface area contributed by atoms with Crippen LogP contribution in [-0.2, 0) is 0 Å². The molecule has 0 radical (unpaired) electrons. The van der Waals surface area contributed by atoms with Crippen molar-refractivity contribution in [3.63, 3.8) is 0 Å². The van der Waals surface area contributed by atoms with Crippen LogP contribution in [0, 0.1) is 0 Å². The van der Waals surface area contributed by atoms with Crippen LogP contribution in [0.4, 0.5) is 0 Å². The van der Waals surface area contributed by atoms with Crippen LogP contribution in [0.15, 0.2) is 146 Å². The number of thiophene rings is 2. The Kier molecular flexibility index (Phi) is 5.58. The van der Waals surface area contributed by atoms with Gasteiger partial charge in [0.25, 0.3) is 0 Å². The molecule has 43 heavy (non-hydrogen) atoms. The standard InChI is InChI=1S/C39H24N2S2/c1-4-12-25(13-5-1)32-23-28(24-33(40-32)26-14-6-2-7-15-26)27-20-21-35-31(22-27)37-38(42-35)36-30-18-10-11-19-34(30)41(39(36)43-37)29-16-8-3-9-17-29/h1-24H. The third-order valence-corrected chi connectivity index (χ3v) is 10.7. The maximum atomic E-state index is 5.09. The fraction of sp³-hybridized carbons (Fsp3) is 0. The first-order chi connectivity index (χ1) is 21.3. The van der Waals surface area contributed by atoms with Gasteiger partial charge in [-0.2, -0.15) is 0 Å². The molecule has 0 unspecified atom stereocenters. The van der Waals surface area contributed by atoms with Gasteiger partial charge in [0.05, 0.1) is 26.3 Å². The Labute approximate surface area is 256 Å². The molecule has 0 fully saturated rings. The molecule has 0 aliphatic carbocycles. The van der Waals surface area contributed by atoms with Crippen LogP contribution in [0.3, 0.4) is 0 Å². The molecule has 2 nitrogen and oxygen atoms in total. The number of hydrogen-bond acceptors (Lipinski definition) is 3. The molecule has 4 aromatic heterocycles. The number of rotatable bonds is 4. The van der Waals surface area contributed by atoms with E-state index in [0.29, 0.717) is 0 Å². The van der Waals surface area contributed by atoms with E-state index >= 15 is 0 Å². The molecular formula is C39H24N2S2. The van der Waals surface area contributed by atoms with Crippen molar-refractivity contribution in [1.82, 2.24) is 9.55 Å². The zero-order valence-electron chi connectivity index (χ0n) is 23.1. The number of aromatic nitrogens is 2. The molecule has 0 saturated carbocycles. The van der Waals surface area contributed by atoms with Gasteiger partial charge in [-0.3, -0.25) is 0 Å². The Morgan fingerprint density at radius 2 is 1.09 bits per heavy atom. The zero-order valence-corrected chi connectivity index (χ0v) is 24.7. The van der Waals surface area contributed by atoms with E-state index in [9.17, 15) is 0 Å². The SMILES string of the molecule is c1ccc(-c2cc(-c3ccc4sc5c(sc6c5c5ccccc5n6-c5ccccc5)c4c3)cc(-c3ccccc3)n2)cc1. The van der Waals surface area contributed by atoms with Gasteiger partial charge in [0.2, 0.25) is 0 Å². The minimum absolute atomic E-state index is 0.984. The van der Waals surface area contributed by atoms with Gasteiger partial charge in [-0.05, 0) is 53.6 Å². The van der Waals surface area contributed by atoms with Gasteiger partial charge in [-0.15, -0.1) is 22.7 Å². The van der Waals surface area contributed by atoms with Crippen LogP contribution in [0.25, 0.3) is 79.9 Å². The molecule has 0 aliphatic heterocycles. The van der Waals surface area contributed by atoms with Gasteiger partial charge in [0.1, 0.15) is 4.83 Å². The summed E-state index contributed by atoms with van der Waals surface area (Å²) in [6.07, 6.45) is 0.